The number of furan rings is 1. The number of aromatic nitrogens is 2. The molecular weight excluding hydrogens is 266 g/mol. The fourth-order valence-corrected chi connectivity index (χ4v) is 2.42. The maximum absolute atomic E-state index is 11.5. The van der Waals surface area contributed by atoms with Crippen molar-refractivity contribution in [3.63, 3.8) is 0 Å². The minimum Gasteiger partial charge on any atom is -0.467 e. The van der Waals surface area contributed by atoms with Crippen molar-refractivity contribution in [2.24, 2.45) is 5.73 Å². The van der Waals surface area contributed by atoms with Gasteiger partial charge in [-0.1, -0.05) is 6.92 Å². The van der Waals surface area contributed by atoms with Crippen LogP contribution in [0.2, 0.25) is 0 Å². The molecule has 0 spiro atoms. The van der Waals surface area contributed by atoms with Crippen LogP contribution >= 0.6 is 0 Å². The van der Waals surface area contributed by atoms with Crippen molar-refractivity contribution in [3.8, 4) is 0 Å². The molecular formula is C12H17N3O3S. The highest BCUT2D eigenvalue weighted by Gasteiger charge is 2.25. The van der Waals surface area contributed by atoms with E-state index in [0.717, 1.165) is 12.7 Å². The van der Waals surface area contributed by atoms with Crippen LogP contribution in [0.5, 0.6) is 0 Å². The zero-order valence-electron chi connectivity index (χ0n) is 10.9. The number of hydrogen-bond acceptors (Lipinski definition) is 5. The van der Waals surface area contributed by atoms with Crippen molar-refractivity contribution in [1.82, 2.24) is 9.78 Å². The van der Waals surface area contributed by atoms with Crippen molar-refractivity contribution < 1.29 is 12.8 Å². The van der Waals surface area contributed by atoms with E-state index in [-0.39, 0.29) is 17.0 Å². The van der Waals surface area contributed by atoms with Crippen LogP contribution in [-0.4, -0.2) is 30.5 Å². The molecule has 0 fully saturated rings. The zero-order chi connectivity index (χ0) is 14.0. The number of nitrogens with two attached hydrogens (primary N) is 1. The van der Waals surface area contributed by atoms with Gasteiger partial charge in [-0.15, -0.1) is 0 Å². The number of nitrogens with zero attached hydrogens (tertiary/aromatic N) is 2. The van der Waals surface area contributed by atoms with Gasteiger partial charge in [-0.2, -0.15) is 5.10 Å². The Kier molecular flexibility index (Phi) is 3.77. The normalized spacial score (nSPS) is 15.3. The predicted molar refractivity (Wildman–Crippen MR) is 70.5 cm³/mol. The second-order valence-electron chi connectivity index (χ2n) is 4.46. The monoisotopic (exact) mass is 283 g/mol. The van der Waals surface area contributed by atoms with Crippen LogP contribution in [0.15, 0.2) is 40.1 Å². The molecule has 2 heterocycles. The summed E-state index contributed by atoms with van der Waals surface area (Å²) in [6.07, 6.45) is 6.24. The Balaban J connectivity index is 2.42. The molecule has 0 radical (unpaired) electrons. The van der Waals surface area contributed by atoms with E-state index >= 15 is 0 Å². The fraction of sp³-hybridized carbons (Fsp3) is 0.417. The lowest BCUT2D eigenvalue weighted by atomic mass is 10.0. The number of sulfone groups is 1. The van der Waals surface area contributed by atoms with Gasteiger partial charge in [0.15, 0.2) is 9.84 Å². The van der Waals surface area contributed by atoms with E-state index < -0.39 is 9.84 Å². The lowest BCUT2D eigenvalue weighted by molar-refractivity contribution is 0.351. The van der Waals surface area contributed by atoms with Gasteiger partial charge in [-0.3, -0.25) is 4.68 Å². The topological polar surface area (TPSA) is 91.1 Å². The van der Waals surface area contributed by atoms with Gasteiger partial charge in [-0.05, 0) is 18.6 Å². The first kappa shape index (κ1) is 13.8. The maximum atomic E-state index is 11.5. The molecule has 6 nitrogen and oxygen atoms in total. The third kappa shape index (κ3) is 2.87. The standard InChI is InChI=1S/C12H17N3O3S/c1-3-10(13)12(11-5-4-6-18-11)15-8-9(7-14-15)19(2,16)17/h4-8,10,12H,3,13H2,1-2H3. The van der Waals surface area contributed by atoms with E-state index in [0.29, 0.717) is 5.76 Å². The van der Waals surface area contributed by atoms with Gasteiger partial charge in [0.05, 0.1) is 12.5 Å². The van der Waals surface area contributed by atoms with Crippen LogP contribution in [-0.2, 0) is 9.84 Å². The molecule has 0 aromatic carbocycles. The first-order valence-electron chi connectivity index (χ1n) is 5.96. The fourth-order valence-electron chi connectivity index (χ4n) is 1.88. The summed E-state index contributed by atoms with van der Waals surface area (Å²) >= 11 is 0. The Bertz CT molecular complexity index is 631. The summed E-state index contributed by atoms with van der Waals surface area (Å²) in [5.74, 6) is 0.664. The first-order chi connectivity index (χ1) is 8.93. The summed E-state index contributed by atoms with van der Waals surface area (Å²) in [5.41, 5.74) is 6.09. The maximum Gasteiger partial charge on any atom is 0.178 e. The second-order valence-corrected chi connectivity index (χ2v) is 6.48. The van der Waals surface area contributed by atoms with Crippen molar-refractivity contribution >= 4 is 9.84 Å². The molecule has 2 aromatic heterocycles. The molecule has 0 saturated carbocycles. The minimum atomic E-state index is -3.27. The molecule has 2 atom stereocenters. The molecule has 104 valence electrons. The van der Waals surface area contributed by atoms with E-state index in [4.69, 9.17) is 10.2 Å². The van der Waals surface area contributed by atoms with Gasteiger partial charge < -0.3 is 10.2 Å². The molecule has 2 rings (SSSR count). The van der Waals surface area contributed by atoms with E-state index in [9.17, 15) is 8.42 Å². The Morgan fingerprint density at radius 2 is 2.26 bits per heavy atom. The largest absolute Gasteiger partial charge is 0.467 e. The van der Waals surface area contributed by atoms with Gasteiger partial charge in [0, 0.05) is 18.5 Å². The van der Waals surface area contributed by atoms with Crippen molar-refractivity contribution in [1.29, 1.82) is 0 Å². The van der Waals surface area contributed by atoms with Crippen LogP contribution in [0.25, 0.3) is 0 Å². The molecule has 0 saturated heterocycles. The molecule has 7 heteroatoms. The highest BCUT2D eigenvalue weighted by atomic mass is 32.2. The van der Waals surface area contributed by atoms with Crippen LogP contribution in [0.1, 0.15) is 25.1 Å². The zero-order valence-corrected chi connectivity index (χ0v) is 11.7. The molecule has 2 unspecified atom stereocenters. The molecule has 19 heavy (non-hydrogen) atoms. The van der Waals surface area contributed by atoms with Crippen LogP contribution in [0.4, 0.5) is 0 Å². The van der Waals surface area contributed by atoms with Crippen molar-refractivity contribution in [2.45, 2.75) is 30.3 Å². The quantitative estimate of drug-likeness (QED) is 0.890. The third-order valence-corrected chi connectivity index (χ3v) is 4.07. The van der Waals surface area contributed by atoms with Gasteiger partial charge in [0.2, 0.25) is 0 Å². The second kappa shape index (κ2) is 5.18. The number of hydrogen-bond donors (Lipinski definition) is 1. The SMILES string of the molecule is CCC(N)C(c1ccco1)n1cc(S(C)(=O)=O)cn1. The van der Waals surface area contributed by atoms with E-state index in [1.54, 1.807) is 17.0 Å². The van der Waals surface area contributed by atoms with Gasteiger partial charge >= 0.3 is 0 Å². The molecule has 0 aliphatic rings. The summed E-state index contributed by atoms with van der Waals surface area (Å²) in [4.78, 5) is 0.173. The Labute approximate surface area is 112 Å². The average molecular weight is 283 g/mol. The van der Waals surface area contributed by atoms with E-state index in [2.05, 4.69) is 5.10 Å². The lowest BCUT2D eigenvalue weighted by Crippen LogP contribution is -2.32. The van der Waals surface area contributed by atoms with E-state index in [1.165, 1.54) is 12.4 Å². The Morgan fingerprint density at radius 1 is 1.53 bits per heavy atom. The Morgan fingerprint density at radius 3 is 2.74 bits per heavy atom. The molecule has 2 N–H and O–H groups in total. The summed E-state index contributed by atoms with van der Waals surface area (Å²) < 4.78 is 29.9. The number of rotatable bonds is 5. The summed E-state index contributed by atoms with van der Waals surface area (Å²) in [7, 11) is -3.27. The van der Waals surface area contributed by atoms with Crippen LogP contribution in [0, 0.1) is 0 Å². The average Bonchev–Trinajstić information content (AvgIpc) is 2.99. The minimum absolute atomic E-state index is 0.173. The van der Waals surface area contributed by atoms with Crippen LogP contribution in [0.3, 0.4) is 0 Å². The third-order valence-electron chi connectivity index (χ3n) is 3.00. The summed E-state index contributed by atoms with van der Waals surface area (Å²) in [5, 5.41) is 4.11. The Hall–Kier alpha value is -1.60. The predicted octanol–water partition coefficient (Wildman–Crippen LogP) is 1.21. The molecule has 0 amide bonds. The highest BCUT2D eigenvalue weighted by Crippen LogP contribution is 2.23. The van der Waals surface area contributed by atoms with E-state index in [1.807, 2.05) is 13.0 Å². The summed E-state index contributed by atoms with van der Waals surface area (Å²) in [6, 6.07) is 3.06. The molecule has 0 bridgehead atoms. The first-order valence-corrected chi connectivity index (χ1v) is 7.85. The van der Waals surface area contributed by atoms with Crippen molar-refractivity contribution in [2.75, 3.05) is 6.26 Å². The van der Waals surface area contributed by atoms with Gasteiger partial charge in [-0.25, -0.2) is 8.42 Å². The lowest BCUT2D eigenvalue weighted by Gasteiger charge is -2.21. The molecule has 0 aliphatic heterocycles. The van der Waals surface area contributed by atoms with Crippen LogP contribution < -0.4 is 5.73 Å². The summed E-state index contributed by atoms with van der Waals surface area (Å²) in [6.45, 7) is 1.96. The van der Waals surface area contributed by atoms with Gasteiger partial charge in [0.25, 0.3) is 0 Å². The highest BCUT2D eigenvalue weighted by molar-refractivity contribution is 7.90. The smallest absolute Gasteiger partial charge is 0.178 e. The van der Waals surface area contributed by atoms with Gasteiger partial charge in [0.1, 0.15) is 16.7 Å². The van der Waals surface area contributed by atoms with Crippen molar-refractivity contribution in [3.05, 3.63) is 36.5 Å². The molecule has 2 aromatic rings. The molecule has 0 aliphatic carbocycles.